The third-order valence-corrected chi connectivity index (χ3v) is 7.03. The third kappa shape index (κ3) is 3.72. The first-order valence-corrected chi connectivity index (χ1v) is 11.9. The van der Waals surface area contributed by atoms with Gasteiger partial charge < -0.3 is 4.74 Å². The Bertz CT molecular complexity index is 1200. The number of piperazine rings is 1. The molecule has 0 unspecified atom stereocenters. The van der Waals surface area contributed by atoms with Crippen molar-refractivity contribution in [3.63, 3.8) is 0 Å². The molecule has 0 bridgehead atoms. The first-order chi connectivity index (χ1) is 16.6. The lowest BCUT2D eigenvalue weighted by Gasteiger charge is -2.43. The van der Waals surface area contributed by atoms with E-state index in [0.29, 0.717) is 55.5 Å². The van der Waals surface area contributed by atoms with Crippen LogP contribution in [0, 0.1) is 0 Å². The fourth-order valence-corrected chi connectivity index (χ4v) is 5.20. The number of Topliss-reactive ketones (excluding diaryl/α,β-unsaturated/α-hetero) is 2. The standard InChI is InChI=1S/C27H26ClN3O3/c1-2-34-24-13-7-12-23(29-24)27(25(32)20-9-4-5-10-21(20)26(27)33)31-16-14-30(15-17-31)18-19-8-3-6-11-22(19)28/h3-13H,2,14-18H2,1H3. The number of nitrogens with zero attached hydrogens (tertiary/aromatic N) is 3. The van der Waals surface area contributed by atoms with Gasteiger partial charge >= 0.3 is 0 Å². The quantitative estimate of drug-likeness (QED) is 0.497. The molecular formula is C27H26ClN3O3. The SMILES string of the molecule is CCOc1cccc(C2(N3CCN(Cc4ccccc4Cl)CC3)C(=O)c3ccccc3C2=O)n1. The Labute approximate surface area is 204 Å². The van der Waals surface area contributed by atoms with Crippen molar-refractivity contribution in [2.45, 2.75) is 19.0 Å². The van der Waals surface area contributed by atoms with Crippen molar-refractivity contribution in [1.29, 1.82) is 0 Å². The minimum Gasteiger partial charge on any atom is -0.478 e. The van der Waals surface area contributed by atoms with E-state index in [1.807, 2.05) is 36.1 Å². The predicted molar refractivity (Wildman–Crippen MR) is 130 cm³/mol. The molecule has 1 aliphatic heterocycles. The lowest BCUT2D eigenvalue weighted by Crippen LogP contribution is -2.60. The molecule has 3 aromatic rings. The number of halogens is 1. The molecule has 5 rings (SSSR count). The molecule has 174 valence electrons. The summed E-state index contributed by atoms with van der Waals surface area (Å²) >= 11 is 6.36. The first-order valence-electron chi connectivity index (χ1n) is 11.6. The second kappa shape index (κ2) is 9.29. The number of ether oxygens (including phenoxy) is 1. The highest BCUT2D eigenvalue weighted by Crippen LogP contribution is 2.42. The van der Waals surface area contributed by atoms with Crippen molar-refractivity contribution in [3.05, 3.63) is 94.1 Å². The van der Waals surface area contributed by atoms with Crippen LogP contribution in [0.2, 0.25) is 5.02 Å². The van der Waals surface area contributed by atoms with E-state index >= 15 is 0 Å². The van der Waals surface area contributed by atoms with Gasteiger partial charge in [-0.15, -0.1) is 0 Å². The zero-order valence-electron chi connectivity index (χ0n) is 19.0. The normalized spacial score (nSPS) is 18.2. The lowest BCUT2D eigenvalue weighted by atomic mass is 9.85. The highest BCUT2D eigenvalue weighted by atomic mass is 35.5. The van der Waals surface area contributed by atoms with Gasteiger partial charge in [0.25, 0.3) is 0 Å². The van der Waals surface area contributed by atoms with E-state index in [9.17, 15) is 9.59 Å². The van der Waals surface area contributed by atoms with Crippen molar-refractivity contribution in [2.24, 2.45) is 0 Å². The molecule has 2 aliphatic rings. The highest BCUT2D eigenvalue weighted by molar-refractivity contribution is 6.32. The van der Waals surface area contributed by atoms with Crippen LogP contribution < -0.4 is 4.74 Å². The van der Waals surface area contributed by atoms with Gasteiger partial charge in [0.1, 0.15) is 0 Å². The number of ketones is 2. The summed E-state index contributed by atoms with van der Waals surface area (Å²) in [6.45, 7) is 5.56. The minimum absolute atomic E-state index is 0.214. The van der Waals surface area contributed by atoms with E-state index in [1.165, 1.54) is 0 Å². The largest absolute Gasteiger partial charge is 0.478 e. The zero-order valence-corrected chi connectivity index (χ0v) is 19.8. The number of aromatic nitrogens is 1. The van der Waals surface area contributed by atoms with Gasteiger partial charge in [-0.1, -0.05) is 60.1 Å². The summed E-state index contributed by atoms with van der Waals surface area (Å²) in [6.07, 6.45) is 0. The fourth-order valence-electron chi connectivity index (χ4n) is 5.01. The van der Waals surface area contributed by atoms with E-state index in [-0.39, 0.29) is 11.6 Å². The molecule has 0 atom stereocenters. The maximum absolute atomic E-state index is 13.9. The maximum Gasteiger partial charge on any atom is 0.213 e. The van der Waals surface area contributed by atoms with Gasteiger partial charge in [0, 0.05) is 54.9 Å². The number of carbonyl (C=O) groups is 2. The molecule has 0 amide bonds. The summed E-state index contributed by atoms with van der Waals surface area (Å²) in [5.74, 6) is -0.0177. The van der Waals surface area contributed by atoms with E-state index in [4.69, 9.17) is 16.3 Å². The zero-order chi connectivity index (χ0) is 23.7. The Morgan fingerprint density at radius 3 is 2.18 bits per heavy atom. The lowest BCUT2D eigenvalue weighted by molar-refractivity contribution is 0.0265. The van der Waals surface area contributed by atoms with Gasteiger partial charge in [-0.3, -0.25) is 19.4 Å². The van der Waals surface area contributed by atoms with Crippen LogP contribution in [0.5, 0.6) is 5.88 Å². The van der Waals surface area contributed by atoms with Gasteiger partial charge in [-0.25, -0.2) is 4.98 Å². The van der Waals surface area contributed by atoms with Crippen LogP contribution in [0.15, 0.2) is 66.7 Å². The fraction of sp³-hybridized carbons (Fsp3) is 0.296. The van der Waals surface area contributed by atoms with Crippen molar-refractivity contribution in [1.82, 2.24) is 14.8 Å². The highest BCUT2D eigenvalue weighted by Gasteiger charge is 2.59. The number of hydrogen-bond donors (Lipinski definition) is 0. The molecule has 0 radical (unpaired) electrons. The second-order valence-electron chi connectivity index (χ2n) is 8.56. The molecule has 1 aliphatic carbocycles. The molecule has 34 heavy (non-hydrogen) atoms. The Morgan fingerprint density at radius 1 is 0.882 bits per heavy atom. The molecule has 6 nitrogen and oxygen atoms in total. The first kappa shape index (κ1) is 22.7. The molecular weight excluding hydrogens is 450 g/mol. The third-order valence-electron chi connectivity index (χ3n) is 6.66. The second-order valence-corrected chi connectivity index (χ2v) is 8.97. The number of pyridine rings is 1. The van der Waals surface area contributed by atoms with Gasteiger partial charge in [-0.05, 0) is 24.6 Å². The van der Waals surface area contributed by atoms with Crippen LogP contribution in [0.25, 0.3) is 0 Å². The monoisotopic (exact) mass is 475 g/mol. The van der Waals surface area contributed by atoms with Gasteiger partial charge in [0.2, 0.25) is 5.88 Å². The van der Waals surface area contributed by atoms with E-state index in [2.05, 4.69) is 9.88 Å². The average molecular weight is 476 g/mol. The number of carbonyl (C=O) groups excluding carboxylic acids is 2. The van der Waals surface area contributed by atoms with Crippen LogP contribution in [0.1, 0.15) is 38.9 Å². The molecule has 0 saturated carbocycles. The molecule has 0 spiro atoms. The maximum atomic E-state index is 13.9. The van der Waals surface area contributed by atoms with Crippen molar-refractivity contribution in [3.8, 4) is 5.88 Å². The molecule has 0 N–H and O–H groups in total. The smallest absolute Gasteiger partial charge is 0.213 e. The topological polar surface area (TPSA) is 62.7 Å². The number of hydrogen-bond acceptors (Lipinski definition) is 6. The Morgan fingerprint density at radius 2 is 1.53 bits per heavy atom. The molecule has 1 fully saturated rings. The van der Waals surface area contributed by atoms with Gasteiger partial charge in [-0.2, -0.15) is 0 Å². The van der Waals surface area contributed by atoms with E-state index in [0.717, 1.165) is 17.1 Å². The Balaban J connectivity index is 1.49. The minimum atomic E-state index is -1.48. The Hall–Kier alpha value is -3.06. The van der Waals surface area contributed by atoms with Crippen molar-refractivity contribution >= 4 is 23.2 Å². The molecule has 1 saturated heterocycles. The molecule has 7 heteroatoms. The summed E-state index contributed by atoms with van der Waals surface area (Å²) in [5, 5.41) is 0.745. The number of benzene rings is 2. The van der Waals surface area contributed by atoms with Crippen molar-refractivity contribution < 1.29 is 14.3 Å². The van der Waals surface area contributed by atoms with Gasteiger partial charge in [0.15, 0.2) is 17.1 Å². The van der Waals surface area contributed by atoms with Crippen LogP contribution in [-0.2, 0) is 12.1 Å². The number of fused-ring (bicyclic) bond motifs is 1. The summed E-state index contributed by atoms with van der Waals surface area (Å²) in [7, 11) is 0. The summed E-state index contributed by atoms with van der Waals surface area (Å²) in [5.41, 5.74) is 0.917. The van der Waals surface area contributed by atoms with Gasteiger partial charge in [0.05, 0.1) is 12.3 Å². The predicted octanol–water partition coefficient (Wildman–Crippen LogP) is 4.23. The van der Waals surface area contributed by atoms with Crippen LogP contribution in [0.4, 0.5) is 0 Å². The van der Waals surface area contributed by atoms with Crippen LogP contribution in [-0.4, -0.2) is 59.1 Å². The molecule has 2 heterocycles. The van der Waals surface area contributed by atoms with Crippen LogP contribution in [0.3, 0.4) is 0 Å². The summed E-state index contributed by atoms with van der Waals surface area (Å²) in [6, 6.07) is 20.2. The number of rotatable bonds is 6. The van der Waals surface area contributed by atoms with E-state index in [1.54, 1.807) is 42.5 Å². The summed E-state index contributed by atoms with van der Waals surface area (Å²) in [4.78, 5) is 36.8. The van der Waals surface area contributed by atoms with E-state index < -0.39 is 5.54 Å². The average Bonchev–Trinajstić information content (AvgIpc) is 3.09. The van der Waals surface area contributed by atoms with Crippen molar-refractivity contribution in [2.75, 3.05) is 32.8 Å². The Kier molecular flexibility index (Phi) is 6.21. The van der Waals surface area contributed by atoms with Crippen LogP contribution >= 0.6 is 11.6 Å². The molecule has 2 aromatic carbocycles. The molecule has 1 aromatic heterocycles. The summed E-state index contributed by atoms with van der Waals surface area (Å²) < 4.78 is 5.61.